The van der Waals surface area contributed by atoms with Crippen molar-refractivity contribution in [1.82, 2.24) is 0 Å². The van der Waals surface area contributed by atoms with E-state index in [0.717, 1.165) is 11.3 Å². The van der Waals surface area contributed by atoms with Crippen molar-refractivity contribution < 1.29 is 9.18 Å². The van der Waals surface area contributed by atoms with Crippen molar-refractivity contribution in [3.63, 3.8) is 0 Å². The lowest BCUT2D eigenvalue weighted by atomic mass is 10.2. The Labute approximate surface area is 118 Å². The number of nitrogens with zero attached hydrogens (tertiary/aromatic N) is 1. The number of amides is 1. The molecular formula is C13H11FN4OS. The van der Waals surface area contributed by atoms with Crippen molar-refractivity contribution in [3.8, 4) is 6.07 Å². The number of hydrogen-bond donors (Lipinski definition) is 3. The maximum Gasteiger partial charge on any atom is 0.261 e. The van der Waals surface area contributed by atoms with Crippen LogP contribution in [0.1, 0.15) is 20.8 Å². The quantitative estimate of drug-likeness (QED) is 0.801. The molecule has 1 aromatic carbocycles. The highest BCUT2D eigenvalue weighted by Gasteiger charge is 2.19. The fourth-order valence-corrected chi connectivity index (χ4v) is 2.60. The van der Waals surface area contributed by atoms with Crippen LogP contribution in [0, 0.1) is 17.1 Å². The third-order valence-corrected chi connectivity index (χ3v) is 3.86. The molecule has 0 atom stereocenters. The first kappa shape index (κ1) is 13.8. The summed E-state index contributed by atoms with van der Waals surface area (Å²) in [6.07, 6.45) is 0. The average Bonchev–Trinajstić information content (AvgIpc) is 2.74. The molecule has 0 unspecified atom stereocenters. The summed E-state index contributed by atoms with van der Waals surface area (Å²) in [5.74, 6) is -1.04. The van der Waals surface area contributed by atoms with E-state index in [1.807, 2.05) is 6.07 Å². The molecule has 5 N–H and O–H groups in total. The van der Waals surface area contributed by atoms with Gasteiger partial charge in [-0.3, -0.25) is 4.79 Å². The molecule has 0 radical (unpaired) electrons. The molecule has 0 aliphatic rings. The molecule has 7 heteroatoms. The molecule has 0 saturated heterocycles. The molecule has 0 aliphatic carbocycles. The Balaban J connectivity index is 2.27. The zero-order valence-corrected chi connectivity index (χ0v) is 11.1. The Bertz CT molecular complexity index is 705. The molecule has 102 valence electrons. The standard InChI is InChI=1S/C13H11FN4OS/c14-9-4-2-1-3-7(9)6-18-13-8(5-15)10(16)11(20-13)12(17)19/h1-4,18H,6,16H2,(H2,17,19). The lowest BCUT2D eigenvalue weighted by Crippen LogP contribution is -2.10. The highest BCUT2D eigenvalue weighted by molar-refractivity contribution is 7.18. The van der Waals surface area contributed by atoms with Gasteiger partial charge in [0.2, 0.25) is 0 Å². The molecule has 2 rings (SSSR count). The van der Waals surface area contributed by atoms with Crippen molar-refractivity contribution in [2.24, 2.45) is 5.73 Å². The van der Waals surface area contributed by atoms with Crippen LogP contribution >= 0.6 is 11.3 Å². The third kappa shape index (κ3) is 2.55. The average molecular weight is 290 g/mol. The number of nitrogens with one attached hydrogen (secondary N) is 1. The van der Waals surface area contributed by atoms with Crippen molar-refractivity contribution >= 4 is 27.9 Å². The van der Waals surface area contributed by atoms with Gasteiger partial charge in [-0.15, -0.1) is 11.3 Å². The molecule has 0 fully saturated rings. The third-order valence-electron chi connectivity index (χ3n) is 2.68. The lowest BCUT2D eigenvalue weighted by Gasteiger charge is -2.05. The predicted molar refractivity (Wildman–Crippen MR) is 75.7 cm³/mol. The number of hydrogen-bond acceptors (Lipinski definition) is 5. The lowest BCUT2D eigenvalue weighted by molar-refractivity contribution is 0.100. The number of nitriles is 1. The van der Waals surface area contributed by atoms with Crippen LogP contribution in [-0.4, -0.2) is 5.91 Å². The van der Waals surface area contributed by atoms with E-state index in [-0.39, 0.29) is 28.5 Å². The zero-order valence-electron chi connectivity index (χ0n) is 10.3. The summed E-state index contributed by atoms with van der Waals surface area (Å²) in [5, 5.41) is 12.4. The number of carbonyl (C=O) groups excluding carboxylic acids is 1. The largest absolute Gasteiger partial charge is 0.396 e. The van der Waals surface area contributed by atoms with Crippen molar-refractivity contribution in [2.75, 3.05) is 11.1 Å². The minimum atomic E-state index is -0.692. The van der Waals surface area contributed by atoms with Crippen LogP contribution in [0.2, 0.25) is 0 Å². The van der Waals surface area contributed by atoms with Crippen LogP contribution in [-0.2, 0) is 6.54 Å². The molecule has 1 aromatic heterocycles. The van der Waals surface area contributed by atoms with E-state index in [9.17, 15) is 9.18 Å². The molecular weight excluding hydrogens is 279 g/mol. The smallest absolute Gasteiger partial charge is 0.261 e. The minimum absolute atomic E-state index is 0.0565. The van der Waals surface area contributed by atoms with Gasteiger partial charge >= 0.3 is 0 Å². The van der Waals surface area contributed by atoms with E-state index in [1.54, 1.807) is 18.2 Å². The summed E-state index contributed by atoms with van der Waals surface area (Å²) in [6.45, 7) is 0.180. The van der Waals surface area contributed by atoms with Crippen LogP contribution in [0.25, 0.3) is 0 Å². The second kappa shape index (κ2) is 5.59. The molecule has 0 aliphatic heterocycles. The second-order valence-corrected chi connectivity index (χ2v) is 4.99. The van der Waals surface area contributed by atoms with E-state index in [1.165, 1.54) is 6.07 Å². The first-order valence-electron chi connectivity index (χ1n) is 5.64. The zero-order chi connectivity index (χ0) is 14.7. The molecule has 1 amide bonds. The number of benzene rings is 1. The van der Waals surface area contributed by atoms with Crippen LogP contribution < -0.4 is 16.8 Å². The molecule has 0 saturated carbocycles. The normalized spacial score (nSPS) is 10.0. The van der Waals surface area contributed by atoms with E-state index < -0.39 is 5.91 Å². The number of rotatable bonds is 4. The summed E-state index contributed by atoms with van der Waals surface area (Å²) in [5.41, 5.74) is 11.5. The fraction of sp³-hybridized carbons (Fsp3) is 0.0769. The SMILES string of the molecule is N#Cc1c(NCc2ccccc2F)sc(C(N)=O)c1N. The Morgan fingerprint density at radius 3 is 2.75 bits per heavy atom. The van der Waals surface area contributed by atoms with Gasteiger partial charge in [0.1, 0.15) is 27.3 Å². The van der Waals surface area contributed by atoms with Gasteiger partial charge in [0.25, 0.3) is 5.91 Å². The molecule has 20 heavy (non-hydrogen) atoms. The fourth-order valence-electron chi connectivity index (χ4n) is 1.68. The van der Waals surface area contributed by atoms with Gasteiger partial charge in [-0.05, 0) is 6.07 Å². The summed E-state index contributed by atoms with van der Waals surface area (Å²) in [6, 6.07) is 8.19. The summed E-state index contributed by atoms with van der Waals surface area (Å²) >= 11 is 0.988. The Morgan fingerprint density at radius 1 is 1.45 bits per heavy atom. The maximum absolute atomic E-state index is 13.5. The van der Waals surface area contributed by atoms with Crippen LogP contribution in [0.3, 0.4) is 0 Å². The van der Waals surface area contributed by atoms with Gasteiger partial charge in [-0.25, -0.2) is 4.39 Å². The summed E-state index contributed by atoms with van der Waals surface area (Å²) < 4.78 is 13.5. The molecule has 0 bridgehead atoms. The maximum atomic E-state index is 13.5. The van der Waals surface area contributed by atoms with Gasteiger partial charge in [0.05, 0.1) is 5.69 Å². The topological polar surface area (TPSA) is 105 Å². The van der Waals surface area contributed by atoms with Crippen molar-refractivity contribution in [1.29, 1.82) is 5.26 Å². The highest BCUT2D eigenvalue weighted by Crippen LogP contribution is 2.35. The van der Waals surface area contributed by atoms with Gasteiger partial charge in [0, 0.05) is 12.1 Å². The molecule has 0 spiro atoms. The van der Waals surface area contributed by atoms with Gasteiger partial charge < -0.3 is 16.8 Å². The summed E-state index contributed by atoms with van der Waals surface area (Å²) in [7, 11) is 0. The minimum Gasteiger partial charge on any atom is -0.396 e. The van der Waals surface area contributed by atoms with E-state index in [4.69, 9.17) is 16.7 Å². The Morgan fingerprint density at radius 2 is 2.15 bits per heavy atom. The second-order valence-electron chi connectivity index (χ2n) is 3.97. The highest BCUT2D eigenvalue weighted by atomic mass is 32.1. The summed E-state index contributed by atoms with van der Waals surface area (Å²) in [4.78, 5) is 11.3. The molecule has 1 heterocycles. The van der Waals surface area contributed by atoms with Crippen LogP contribution in [0.15, 0.2) is 24.3 Å². The van der Waals surface area contributed by atoms with E-state index in [2.05, 4.69) is 5.32 Å². The van der Waals surface area contributed by atoms with Crippen LogP contribution in [0.4, 0.5) is 15.1 Å². The van der Waals surface area contributed by atoms with Crippen molar-refractivity contribution in [3.05, 3.63) is 46.1 Å². The predicted octanol–water partition coefficient (Wildman–Crippen LogP) is 2.05. The number of carbonyl (C=O) groups is 1. The van der Waals surface area contributed by atoms with E-state index >= 15 is 0 Å². The Hall–Kier alpha value is -2.59. The van der Waals surface area contributed by atoms with Gasteiger partial charge in [-0.2, -0.15) is 5.26 Å². The molecule has 2 aromatic rings. The Kier molecular flexibility index (Phi) is 3.86. The number of halogens is 1. The number of nitrogens with two attached hydrogens (primary N) is 2. The van der Waals surface area contributed by atoms with E-state index in [0.29, 0.717) is 10.6 Å². The number of nitrogen functional groups attached to an aromatic ring is 1. The van der Waals surface area contributed by atoms with Crippen LogP contribution in [0.5, 0.6) is 0 Å². The first-order chi connectivity index (χ1) is 9.54. The first-order valence-corrected chi connectivity index (χ1v) is 6.45. The number of primary amides is 1. The number of anilines is 2. The monoisotopic (exact) mass is 290 g/mol. The number of thiophene rings is 1. The van der Waals surface area contributed by atoms with Crippen molar-refractivity contribution in [2.45, 2.75) is 6.54 Å². The van der Waals surface area contributed by atoms with Gasteiger partial charge in [-0.1, -0.05) is 18.2 Å². The van der Waals surface area contributed by atoms with Gasteiger partial charge in [0.15, 0.2) is 0 Å². The molecule has 5 nitrogen and oxygen atoms in total.